The lowest BCUT2D eigenvalue weighted by molar-refractivity contribution is 0.0846. The van der Waals surface area contributed by atoms with Crippen molar-refractivity contribution in [1.82, 2.24) is 15.1 Å². The number of aliphatic hydroxyl groups is 1. The van der Waals surface area contributed by atoms with E-state index in [0.717, 1.165) is 26.2 Å². The van der Waals surface area contributed by atoms with Crippen LogP contribution in [-0.4, -0.2) is 72.9 Å². The minimum atomic E-state index is -0.219. The summed E-state index contributed by atoms with van der Waals surface area (Å²) in [6.07, 6.45) is 4.75. The van der Waals surface area contributed by atoms with Crippen LogP contribution in [0.15, 0.2) is 0 Å². The second-order valence-electron chi connectivity index (χ2n) is 6.01. The first-order chi connectivity index (χ1) is 8.69. The molecule has 2 rings (SSSR count). The van der Waals surface area contributed by atoms with Gasteiger partial charge in [0.05, 0.1) is 6.10 Å². The van der Waals surface area contributed by atoms with E-state index in [1.54, 1.807) is 0 Å². The van der Waals surface area contributed by atoms with Crippen molar-refractivity contribution in [2.45, 2.75) is 50.8 Å². The van der Waals surface area contributed by atoms with Gasteiger partial charge in [0.2, 0.25) is 0 Å². The number of nitrogens with one attached hydrogen (secondary N) is 1. The molecule has 0 aromatic heterocycles. The van der Waals surface area contributed by atoms with Crippen LogP contribution in [-0.2, 0) is 0 Å². The van der Waals surface area contributed by atoms with E-state index in [2.05, 4.69) is 29.1 Å². The van der Waals surface area contributed by atoms with E-state index < -0.39 is 0 Å². The van der Waals surface area contributed by atoms with Crippen LogP contribution < -0.4 is 5.32 Å². The van der Waals surface area contributed by atoms with Crippen LogP contribution in [0.2, 0.25) is 0 Å². The maximum Gasteiger partial charge on any atom is 0.0791 e. The first-order valence-corrected chi connectivity index (χ1v) is 7.53. The fourth-order valence-electron chi connectivity index (χ4n) is 2.85. The van der Waals surface area contributed by atoms with E-state index in [4.69, 9.17) is 0 Å². The van der Waals surface area contributed by atoms with Gasteiger partial charge in [-0.1, -0.05) is 6.92 Å². The van der Waals surface area contributed by atoms with Crippen molar-refractivity contribution in [1.29, 1.82) is 0 Å². The molecule has 0 aromatic carbocycles. The van der Waals surface area contributed by atoms with Gasteiger partial charge in [-0.25, -0.2) is 0 Å². The van der Waals surface area contributed by atoms with Crippen LogP contribution in [0.4, 0.5) is 0 Å². The van der Waals surface area contributed by atoms with Crippen molar-refractivity contribution < 1.29 is 5.11 Å². The summed E-state index contributed by atoms with van der Waals surface area (Å²) in [6, 6.07) is 1.30. The molecule has 18 heavy (non-hydrogen) atoms. The van der Waals surface area contributed by atoms with Crippen molar-refractivity contribution >= 4 is 0 Å². The Balaban J connectivity index is 1.76. The number of nitrogens with zero attached hydrogens (tertiary/aromatic N) is 2. The highest BCUT2D eigenvalue weighted by Gasteiger charge is 2.25. The Hall–Kier alpha value is -0.160. The first kappa shape index (κ1) is 14.3. The summed E-state index contributed by atoms with van der Waals surface area (Å²) in [7, 11) is 2.21. The van der Waals surface area contributed by atoms with Gasteiger partial charge in [-0.15, -0.1) is 0 Å². The van der Waals surface area contributed by atoms with E-state index in [-0.39, 0.29) is 6.10 Å². The molecule has 2 fully saturated rings. The molecule has 0 spiro atoms. The standard InChI is InChI=1S/C14H29N3O/c1-3-13-10-16(2)7-4-8-17(13)11-14(18)9-15-12-5-6-12/h12-15,18H,3-11H2,1-2H3. The molecule has 1 saturated carbocycles. The van der Waals surface area contributed by atoms with Crippen molar-refractivity contribution in [3.05, 3.63) is 0 Å². The van der Waals surface area contributed by atoms with Crippen LogP contribution in [0.25, 0.3) is 0 Å². The highest BCUT2D eigenvalue weighted by molar-refractivity contribution is 4.84. The third kappa shape index (κ3) is 4.50. The third-order valence-electron chi connectivity index (χ3n) is 4.16. The zero-order chi connectivity index (χ0) is 13.0. The number of likely N-dealkylation sites (N-methyl/N-ethyl adjacent to an activating group) is 1. The van der Waals surface area contributed by atoms with Gasteiger partial charge in [0.15, 0.2) is 0 Å². The fraction of sp³-hybridized carbons (Fsp3) is 1.00. The second-order valence-corrected chi connectivity index (χ2v) is 6.01. The van der Waals surface area contributed by atoms with Gasteiger partial charge in [-0.2, -0.15) is 0 Å². The summed E-state index contributed by atoms with van der Waals surface area (Å²) in [5.74, 6) is 0. The van der Waals surface area contributed by atoms with Crippen molar-refractivity contribution in [2.75, 3.05) is 39.8 Å². The molecule has 1 saturated heterocycles. The fourth-order valence-corrected chi connectivity index (χ4v) is 2.85. The summed E-state index contributed by atoms with van der Waals surface area (Å²) >= 11 is 0. The normalized spacial score (nSPS) is 29.2. The second kappa shape index (κ2) is 6.85. The van der Waals surface area contributed by atoms with Crippen LogP contribution in [0.3, 0.4) is 0 Å². The quantitative estimate of drug-likeness (QED) is 0.726. The largest absolute Gasteiger partial charge is 0.390 e. The van der Waals surface area contributed by atoms with Crippen molar-refractivity contribution in [2.24, 2.45) is 0 Å². The molecular weight excluding hydrogens is 226 g/mol. The molecule has 2 N–H and O–H groups in total. The van der Waals surface area contributed by atoms with Crippen LogP contribution in [0, 0.1) is 0 Å². The number of rotatable bonds is 6. The Labute approximate surface area is 111 Å². The zero-order valence-corrected chi connectivity index (χ0v) is 11.9. The Morgan fingerprint density at radius 1 is 1.33 bits per heavy atom. The molecule has 1 heterocycles. The average molecular weight is 255 g/mol. The summed E-state index contributed by atoms with van der Waals surface area (Å²) in [4.78, 5) is 4.91. The molecule has 0 radical (unpaired) electrons. The molecule has 4 nitrogen and oxygen atoms in total. The van der Waals surface area contributed by atoms with E-state index in [1.165, 1.54) is 32.2 Å². The van der Waals surface area contributed by atoms with E-state index in [1.807, 2.05) is 0 Å². The molecule has 1 aliphatic carbocycles. The van der Waals surface area contributed by atoms with Gasteiger partial charge in [0.25, 0.3) is 0 Å². The minimum Gasteiger partial charge on any atom is -0.390 e. The van der Waals surface area contributed by atoms with E-state index in [9.17, 15) is 5.11 Å². The molecule has 0 aromatic rings. The summed E-state index contributed by atoms with van der Waals surface area (Å²) in [5.41, 5.74) is 0. The molecular formula is C14H29N3O. The zero-order valence-electron chi connectivity index (χ0n) is 11.9. The number of β-amino-alcohol motifs (C(OH)–C–C–N with tert-alkyl or cyclic N) is 1. The third-order valence-corrected chi connectivity index (χ3v) is 4.16. The Bertz CT molecular complexity index is 245. The Morgan fingerprint density at radius 2 is 2.11 bits per heavy atom. The van der Waals surface area contributed by atoms with Gasteiger partial charge < -0.3 is 15.3 Å². The van der Waals surface area contributed by atoms with Crippen LogP contribution >= 0.6 is 0 Å². The monoisotopic (exact) mass is 255 g/mol. The summed E-state index contributed by atoms with van der Waals surface area (Å²) < 4.78 is 0. The van der Waals surface area contributed by atoms with Gasteiger partial charge >= 0.3 is 0 Å². The van der Waals surface area contributed by atoms with Gasteiger partial charge in [-0.3, -0.25) is 4.90 Å². The molecule has 4 heteroatoms. The molecule has 2 atom stereocenters. The summed E-state index contributed by atoms with van der Waals surface area (Å²) in [5, 5.41) is 13.5. The van der Waals surface area contributed by atoms with Crippen LogP contribution in [0.1, 0.15) is 32.6 Å². The topological polar surface area (TPSA) is 38.7 Å². The maximum atomic E-state index is 10.1. The number of aliphatic hydroxyl groups excluding tert-OH is 1. The minimum absolute atomic E-state index is 0.219. The smallest absolute Gasteiger partial charge is 0.0791 e. The molecule has 2 aliphatic rings. The average Bonchev–Trinajstić information content (AvgIpc) is 3.16. The van der Waals surface area contributed by atoms with Crippen LogP contribution in [0.5, 0.6) is 0 Å². The first-order valence-electron chi connectivity index (χ1n) is 7.53. The van der Waals surface area contributed by atoms with Gasteiger partial charge in [0.1, 0.15) is 0 Å². The Kier molecular flexibility index (Phi) is 5.42. The lowest BCUT2D eigenvalue weighted by atomic mass is 10.1. The summed E-state index contributed by atoms with van der Waals surface area (Å²) in [6.45, 7) is 7.29. The number of hydrogen-bond acceptors (Lipinski definition) is 4. The van der Waals surface area contributed by atoms with Crippen molar-refractivity contribution in [3.63, 3.8) is 0 Å². The van der Waals surface area contributed by atoms with Gasteiger partial charge in [-0.05, 0) is 45.8 Å². The predicted octanol–water partition coefficient (Wildman–Crippen LogP) is 0.515. The van der Waals surface area contributed by atoms with Gasteiger partial charge in [0, 0.05) is 31.7 Å². The predicted molar refractivity (Wildman–Crippen MR) is 74.8 cm³/mol. The van der Waals surface area contributed by atoms with Crippen molar-refractivity contribution in [3.8, 4) is 0 Å². The highest BCUT2D eigenvalue weighted by atomic mass is 16.3. The molecule has 1 aliphatic heterocycles. The molecule has 0 amide bonds. The maximum absolute atomic E-state index is 10.1. The number of hydrogen-bond donors (Lipinski definition) is 2. The van der Waals surface area contributed by atoms with E-state index in [0.29, 0.717) is 12.1 Å². The lowest BCUT2D eigenvalue weighted by Gasteiger charge is -2.31. The molecule has 2 unspecified atom stereocenters. The Morgan fingerprint density at radius 3 is 2.78 bits per heavy atom. The SMILES string of the molecule is CCC1CN(C)CCCN1CC(O)CNC1CC1. The molecule has 0 bridgehead atoms. The highest BCUT2D eigenvalue weighted by Crippen LogP contribution is 2.18. The lowest BCUT2D eigenvalue weighted by Crippen LogP contribution is -2.46. The molecule has 106 valence electrons. The van der Waals surface area contributed by atoms with E-state index >= 15 is 0 Å².